The predicted octanol–water partition coefficient (Wildman–Crippen LogP) is 6.01. The van der Waals surface area contributed by atoms with E-state index >= 15 is 0 Å². The third-order valence-corrected chi connectivity index (χ3v) is 7.35. The van der Waals surface area contributed by atoms with Crippen LogP contribution in [0.3, 0.4) is 0 Å². The lowest BCUT2D eigenvalue weighted by atomic mass is 9.84. The first kappa shape index (κ1) is 24.6. The van der Waals surface area contributed by atoms with Gasteiger partial charge in [0.1, 0.15) is 11.5 Å². The molecule has 1 saturated heterocycles. The Bertz CT molecular complexity index is 1500. The molecule has 1 unspecified atom stereocenters. The van der Waals surface area contributed by atoms with Crippen molar-refractivity contribution in [1.29, 1.82) is 0 Å². The molecule has 2 aromatic heterocycles. The fraction of sp³-hybridized carbons (Fsp3) is 0.241. The number of aliphatic hydroxyl groups is 1. The van der Waals surface area contributed by atoms with Crippen molar-refractivity contribution in [3.63, 3.8) is 0 Å². The number of para-hydroxylation sites is 1. The Kier molecular flexibility index (Phi) is 6.29. The number of nitrogens with zero attached hydrogens (tertiary/aromatic N) is 3. The number of amides is 1. The summed E-state index contributed by atoms with van der Waals surface area (Å²) in [5, 5.41) is 12.0. The Morgan fingerprint density at radius 2 is 1.81 bits per heavy atom. The summed E-state index contributed by atoms with van der Waals surface area (Å²) in [6, 6.07) is 15.5. The average molecular weight is 514 g/mol. The van der Waals surface area contributed by atoms with E-state index in [9.17, 15) is 14.7 Å². The second-order valence-electron chi connectivity index (χ2n) is 9.81. The van der Waals surface area contributed by atoms with Gasteiger partial charge in [-0.2, -0.15) is 0 Å². The van der Waals surface area contributed by atoms with Gasteiger partial charge < -0.3 is 9.84 Å². The number of aliphatic hydroxyl groups excluding tert-OH is 1. The van der Waals surface area contributed by atoms with Gasteiger partial charge in [-0.15, -0.1) is 0 Å². The van der Waals surface area contributed by atoms with Crippen molar-refractivity contribution in [2.75, 3.05) is 11.5 Å². The van der Waals surface area contributed by atoms with Crippen molar-refractivity contribution in [2.45, 2.75) is 39.2 Å². The second-order valence-corrected chi connectivity index (χ2v) is 10.8. The number of carbonyl (C=O) groups is 2. The highest BCUT2D eigenvalue weighted by atomic mass is 32.1. The van der Waals surface area contributed by atoms with E-state index in [0.29, 0.717) is 28.6 Å². The van der Waals surface area contributed by atoms with E-state index in [2.05, 4.69) is 30.7 Å². The molecular formula is C29H27N3O4S. The van der Waals surface area contributed by atoms with Crippen molar-refractivity contribution in [3.8, 4) is 5.75 Å². The molecule has 7 nitrogen and oxygen atoms in total. The molecule has 8 heteroatoms. The summed E-state index contributed by atoms with van der Waals surface area (Å²) in [7, 11) is 0. The van der Waals surface area contributed by atoms with Gasteiger partial charge in [-0.05, 0) is 60.4 Å². The van der Waals surface area contributed by atoms with Crippen LogP contribution < -0.4 is 9.64 Å². The van der Waals surface area contributed by atoms with Crippen LogP contribution in [0.5, 0.6) is 5.75 Å². The largest absolute Gasteiger partial charge is 0.507 e. The van der Waals surface area contributed by atoms with Crippen molar-refractivity contribution in [2.24, 2.45) is 0 Å². The summed E-state index contributed by atoms with van der Waals surface area (Å²) in [5.41, 5.74) is 2.45. The average Bonchev–Trinajstić information content (AvgIpc) is 3.42. The molecule has 1 fully saturated rings. The van der Waals surface area contributed by atoms with Crippen LogP contribution in [0.15, 0.2) is 72.6 Å². The number of hydrogen-bond acceptors (Lipinski definition) is 7. The Morgan fingerprint density at radius 1 is 1.08 bits per heavy atom. The van der Waals surface area contributed by atoms with Crippen LogP contribution in [0.2, 0.25) is 0 Å². The van der Waals surface area contributed by atoms with Crippen LogP contribution in [0, 0.1) is 0 Å². The number of ketones is 1. The molecule has 1 amide bonds. The Hall–Kier alpha value is -4.04. The van der Waals surface area contributed by atoms with Gasteiger partial charge in [-0.25, -0.2) is 4.98 Å². The van der Waals surface area contributed by atoms with Crippen LogP contribution in [-0.4, -0.2) is 33.4 Å². The molecule has 1 atom stereocenters. The lowest BCUT2D eigenvalue weighted by Crippen LogP contribution is -2.29. The maximum Gasteiger partial charge on any atom is 0.301 e. The quantitative estimate of drug-likeness (QED) is 0.199. The summed E-state index contributed by atoms with van der Waals surface area (Å²) in [5.74, 6) is -1.02. The smallest absolute Gasteiger partial charge is 0.301 e. The standard InChI is InChI=1S/C29H27N3O4S/c1-5-36-21-11-10-18(16-19(21)29(2,3)4)25(33)23-24(17-12-14-30-15-13-17)32(27(35)26(23)34)28-31-20-8-6-7-9-22(20)37-28/h6-16,24,33H,5H2,1-4H3/b25-23+. The summed E-state index contributed by atoms with van der Waals surface area (Å²) < 4.78 is 6.71. The second kappa shape index (κ2) is 9.44. The summed E-state index contributed by atoms with van der Waals surface area (Å²) in [6.45, 7) is 8.58. The molecule has 0 aliphatic carbocycles. The zero-order valence-corrected chi connectivity index (χ0v) is 21.9. The first-order chi connectivity index (χ1) is 17.7. The molecule has 0 spiro atoms. The van der Waals surface area contributed by atoms with Crippen LogP contribution in [0.4, 0.5) is 5.13 Å². The van der Waals surface area contributed by atoms with Gasteiger partial charge in [0.15, 0.2) is 5.13 Å². The molecule has 188 valence electrons. The predicted molar refractivity (Wildman–Crippen MR) is 145 cm³/mol. The van der Waals surface area contributed by atoms with Gasteiger partial charge in [0.05, 0.1) is 28.4 Å². The van der Waals surface area contributed by atoms with Crippen molar-refractivity contribution < 1.29 is 19.4 Å². The van der Waals surface area contributed by atoms with E-state index in [4.69, 9.17) is 4.74 Å². The minimum Gasteiger partial charge on any atom is -0.507 e. The number of rotatable bonds is 5. The number of benzene rings is 2. The van der Waals surface area contributed by atoms with Crippen LogP contribution in [0.25, 0.3) is 16.0 Å². The molecule has 0 saturated carbocycles. The minimum atomic E-state index is -0.854. The topological polar surface area (TPSA) is 92.6 Å². The molecule has 1 aliphatic rings. The Labute approximate surface area is 219 Å². The fourth-order valence-corrected chi connectivity index (χ4v) is 5.55. The summed E-state index contributed by atoms with van der Waals surface area (Å²) in [6.07, 6.45) is 3.20. The highest BCUT2D eigenvalue weighted by molar-refractivity contribution is 7.22. The number of hydrogen-bond donors (Lipinski definition) is 1. The van der Waals surface area contributed by atoms with Gasteiger partial charge in [-0.3, -0.25) is 19.5 Å². The number of pyridine rings is 1. The molecule has 4 aromatic rings. The van der Waals surface area contributed by atoms with Crippen molar-refractivity contribution >= 4 is 44.1 Å². The third-order valence-electron chi connectivity index (χ3n) is 6.32. The number of Topliss-reactive ketones (excluding diaryl/α,β-unsaturated/α-hetero) is 1. The van der Waals surface area contributed by atoms with E-state index in [-0.39, 0.29) is 16.7 Å². The maximum atomic E-state index is 13.5. The number of aromatic nitrogens is 2. The monoisotopic (exact) mass is 513 g/mol. The van der Waals surface area contributed by atoms with E-state index in [1.54, 1.807) is 36.7 Å². The van der Waals surface area contributed by atoms with Gasteiger partial charge >= 0.3 is 5.91 Å². The zero-order valence-electron chi connectivity index (χ0n) is 21.1. The number of ether oxygens (including phenoxy) is 1. The van der Waals surface area contributed by atoms with Crippen LogP contribution in [-0.2, 0) is 15.0 Å². The first-order valence-electron chi connectivity index (χ1n) is 12.0. The van der Waals surface area contributed by atoms with E-state index in [1.165, 1.54) is 16.2 Å². The summed E-state index contributed by atoms with van der Waals surface area (Å²) in [4.78, 5) is 37.0. The highest BCUT2D eigenvalue weighted by Crippen LogP contribution is 2.44. The first-order valence-corrected chi connectivity index (χ1v) is 12.9. The van der Waals surface area contributed by atoms with Crippen LogP contribution >= 0.6 is 11.3 Å². The SMILES string of the molecule is CCOc1ccc(/C(O)=C2\C(=O)C(=O)N(c3nc4ccccc4s3)C2c2ccncc2)cc1C(C)(C)C. The van der Waals surface area contributed by atoms with Crippen molar-refractivity contribution in [3.05, 3.63) is 89.3 Å². The molecule has 37 heavy (non-hydrogen) atoms. The lowest BCUT2D eigenvalue weighted by molar-refractivity contribution is -0.132. The van der Waals surface area contributed by atoms with Gasteiger partial charge in [0.25, 0.3) is 5.78 Å². The number of thiazole rings is 1. The third kappa shape index (κ3) is 4.38. The number of fused-ring (bicyclic) bond motifs is 1. The van der Waals surface area contributed by atoms with Crippen LogP contribution in [0.1, 0.15) is 50.4 Å². The molecule has 0 bridgehead atoms. The normalized spacial score (nSPS) is 17.5. The van der Waals surface area contributed by atoms with Crippen molar-refractivity contribution in [1.82, 2.24) is 9.97 Å². The molecule has 2 aromatic carbocycles. The Morgan fingerprint density at radius 3 is 2.49 bits per heavy atom. The molecular weight excluding hydrogens is 486 g/mol. The molecule has 5 rings (SSSR count). The number of carbonyl (C=O) groups excluding carboxylic acids is 2. The molecule has 1 N–H and O–H groups in total. The lowest BCUT2D eigenvalue weighted by Gasteiger charge is -2.24. The zero-order chi connectivity index (χ0) is 26.3. The van der Waals surface area contributed by atoms with E-state index < -0.39 is 17.7 Å². The number of anilines is 1. The maximum absolute atomic E-state index is 13.5. The van der Waals surface area contributed by atoms with Gasteiger partial charge in [0.2, 0.25) is 0 Å². The molecule has 0 radical (unpaired) electrons. The minimum absolute atomic E-state index is 0.0134. The van der Waals surface area contributed by atoms with E-state index in [1.807, 2.05) is 37.3 Å². The van der Waals surface area contributed by atoms with E-state index in [0.717, 1.165) is 15.8 Å². The Balaban J connectivity index is 1.71. The van der Waals surface area contributed by atoms with Gasteiger partial charge in [-0.1, -0.05) is 44.2 Å². The molecule has 3 heterocycles. The van der Waals surface area contributed by atoms with Gasteiger partial charge in [0, 0.05) is 23.5 Å². The molecule has 1 aliphatic heterocycles. The summed E-state index contributed by atoms with van der Waals surface area (Å²) >= 11 is 1.33. The fourth-order valence-electron chi connectivity index (χ4n) is 4.55. The highest BCUT2D eigenvalue weighted by Gasteiger charge is 2.48.